The summed E-state index contributed by atoms with van der Waals surface area (Å²) in [6.45, 7) is 2.06. The van der Waals surface area contributed by atoms with Gasteiger partial charge in [0.1, 0.15) is 12.7 Å². The minimum Gasteiger partial charge on any atom is -0.268 e. The zero-order chi connectivity index (χ0) is 19.3. The van der Waals surface area contributed by atoms with Gasteiger partial charge in [-0.1, -0.05) is 29.8 Å². The number of benzene rings is 1. The van der Waals surface area contributed by atoms with Crippen LogP contribution >= 0.6 is 0 Å². The summed E-state index contributed by atoms with van der Waals surface area (Å²) >= 11 is 0. The van der Waals surface area contributed by atoms with Gasteiger partial charge in [0.25, 0.3) is 5.56 Å². The van der Waals surface area contributed by atoms with Gasteiger partial charge in [0.2, 0.25) is 10.0 Å². The standard InChI is InChI=1S/C17H18N6O3S/c1-14-2-4-15(5-3-14)8-11-27(25,26)20-9-10-22-17(24)7-6-16(21-22)23-13-18-12-19-23/h2-8,11-13,20H,9-10H2,1H3/b11-8+. The Balaban J connectivity index is 1.62. The second kappa shape index (κ2) is 8.06. The molecule has 0 saturated heterocycles. The van der Waals surface area contributed by atoms with Crippen LogP contribution in [-0.4, -0.2) is 39.5 Å². The number of rotatable bonds is 7. The van der Waals surface area contributed by atoms with Crippen molar-refractivity contribution in [1.29, 1.82) is 0 Å². The first-order valence-corrected chi connectivity index (χ1v) is 9.65. The lowest BCUT2D eigenvalue weighted by Crippen LogP contribution is -2.31. The summed E-state index contributed by atoms with van der Waals surface area (Å²) in [5, 5.41) is 9.19. The molecule has 140 valence electrons. The third-order valence-corrected chi connectivity index (χ3v) is 4.75. The zero-order valence-corrected chi connectivity index (χ0v) is 15.4. The molecule has 10 heteroatoms. The molecule has 2 aromatic heterocycles. The van der Waals surface area contributed by atoms with Gasteiger partial charge >= 0.3 is 0 Å². The molecule has 9 nitrogen and oxygen atoms in total. The first kappa shape index (κ1) is 18.7. The number of hydrogen-bond acceptors (Lipinski definition) is 6. The van der Waals surface area contributed by atoms with Gasteiger partial charge in [0.15, 0.2) is 5.82 Å². The fourth-order valence-electron chi connectivity index (χ4n) is 2.23. The van der Waals surface area contributed by atoms with Gasteiger partial charge < -0.3 is 0 Å². The Bertz CT molecular complexity index is 1090. The number of aromatic nitrogens is 5. The molecule has 0 radical (unpaired) electrons. The van der Waals surface area contributed by atoms with Crippen LogP contribution in [0.25, 0.3) is 11.9 Å². The van der Waals surface area contributed by atoms with E-state index in [2.05, 4.69) is 19.9 Å². The summed E-state index contributed by atoms with van der Waals surface area (Å²) < 4.78 is 29.1. The Morgan fingerprint density at radius 1 is 1.15 bits per heavy atom. The molecule has 1 N–H and O–H groups in total. The van der Waals surface area contributed by atoms with Crippen LogP contribution in [0.4, 0.5) is 0 Å². The van der Waals surface area contributed by atoms with Crippen LogP contribution in [0.2, 0.25) is 0 Å². The van der Waals surface area contributed by atoms with Crippen LogP contribution in [0.3, 0.4) is 0 Å². The molecule has 0 fully saturated rings. The largest absolute Gasteiger partial charge is 0.268 e. The van der Waals surface area contributed by atoms with E-state index in [0.29, 0.717) is 5.82 Å². The molecule has 0 saturated carbocycles. The van der Waals surface area contributed by atoms with Crippen molar-refractivity contribution < 1.29 is 8.42 Å². The summed E-state index contributed by atoms with van der Waals surface area (Å²) in [6.07, 6.45) is 4.32. The van der Waals surface area contributed by atoms with Gasteiger partial charge in [-0.25, -0.2) is 27.5 Å². The van der Waals surface area contributed by atoms with E-state index < -0.39 is 10.0 Å². The van der Waals surface area contributed by atoms with E-state index in [9.17, 15) is 13.2 Å². The number of nitrogens with zero attached hydrogens (tertiary/aromatic N) is 5. The van der Waals surface area contributed by atoms with Crippen LogP contribution in [0.5, 0.6) is 0 Å². The molecule has 0 bridgehead atoms. The highest BCUT2D eigenvalue weighted by molar-refractivity contribution is 7.92. The summed E-state index contributed by atoms with van der Waals surface area (Å²) in [4.78, 5) is 15.7. The van der Waals surface area contributed by atoms with E-state index in [1.807, 2.05) is 31.2 Å². The van der Waals surface area contributed by atoms with Crippen LogP contribution in [0.1, 0.15) is 11.1 Å². The molecular formula is C17H18N6O3S. The van der Waals surface area contributed by atoms with Crippen LogP contribution in [0.15, 0.2) is 59.3 Å². The number of nitrogens with one attached hydrogen (secondary N) is 1. The second-order valence-corrected chi connectivity index (χ2v) is 7.40. The van der Waals surface area contributed by atoms with Crippen molar-refractivity contribution in [1.82, 2.24) is 29.3 Å². The second-order valence-electron chi connectivity index (χ2n) is 5.75. The van der Waals surface area contributed by atoms with E-state index in [-0.39, 0.29) is 18.6 Å². The minimum atomic E-state index is -3.63. The predicted octanol–water partition coefficient (Wildman–Crippen LogP) is 0.723. The number of aryl methyl sites for hydroxylation is 1. The normalized spacial score (nSPS) is 11.9. The first-order valence-electron chi connectivity index (χ1n) is 8.10. The Morgan fingerprint density at radius 3 is 2.63 bits per heavy atom. The highest BCUT2D eigenvalue weighted by Crippen LogP contribution is 2.06. The smallest absolute Gasteiger partial charge is 0.266 e. The SMILES string of the molecule is Cc1ccc(/C=C/S(=O)(=O)NCCn2nc(-n3cncn3)ccc2=O)cc1. The van der Waals surface area contributed by atoms with Crippen molar-refractivity contribution in [2.45, 2.75) is 13.5 Å². The molecule has 27 heavy (non-hydrogen) atoms. The van der Waals surface area contributed by atoms with Gasteiger partial charge in [-0.3, -0.25) is 4.79 Å². The van der Waals surface area contributed by atoms with Gasteiger partial charge in [-0.15, -0.1) is 5.10 Å². The van der Waals surface area contributed by atoms with Crippen molar-refractivity contribution in [3.63, 3.8) is 0 Å². The summed E-state index contributed by atoms with van der Waals surface area (Å²) in [5.74, 6) is 0.411. The minimum absolute atomic E-state index is 0.0221. The third-order valence-electron chi connectivity index (χ3n) is 3.65. The van der Waals surface area contributed by atoms with Crippen molar-refractivity contribution >= 4 is 16.1 Å². The summed E-state index contributed by atoms with van der Waals surface area (Å²) in [5.41, 5.74) is 1.54. The average molecular weight is 386 g/mol. The van der Waals surface area contributed by atoms with Gasteiger partial charge in [-0.05, 0) is 24.6 Å². The van der Waals surface area contributed by atoms with Crippen molar-refractivity contribution in [2.24, 2.45) is 0 Å². The van der Waals surface area contributed by atoms with Crippen LogP contribution in [0, 0.1) is 6.92 Å². The fraction of sp³-hybridized carbons (Fsp3) is 0.176. The molecule has 0 unspecified atom stereocenters. The summed E-state index contributed by atoms with van der Waals surface area (Å²) in [6, 6.07) is 10.3. The molecule has 0 spiro atoms. The van der Waals surface area contributed by atoms with Crippen molar-refractivity contribution in [2.75, 3.05) is 6.54 Å². The topological polar surface area (TPSA) is 112 Å². The lowest BCUT2D eigenvalue weighted by molar-refractivity contribution is 0.546. The Labute approximate surface area is 156 Å². The van der Waals surface area contributed by atoms with E-state index in [1.54, 1.807) is 0 Å². The zero-order valence-electron chi connectivity index (χ0n) is 14.6. The van der Waals surface area contributed by atoms with E-state index in [0.717, 1.165) is 16.5 Å². The van der Waals surface area contributed by atoms with Crippen molar-refractivity contribution in [3.05, 3.63) is 75.9 Å². The molecule has 0 atom stereocenters. The predicted molar refractivity (Wildman–Crippen MR) is 101 cm³/mol. The van der Waals surface area contributed by atoms with Gasteiger partial charge in [0, 0.05) is 18.0 Å². The Morgan fingerprint density at radius 2 is 1.93 bits per heavy atom. The highest BCUT2D eigenvalue weighted by Gasteiger charge is 2.07. The lowest BCUT2D eigenvalue weighted by atomic mass is 10.2. The molecule has 0 amide bonds. The molecule has 2 heterocycles. The lowest BCUT2D eigenvalue weighted by Gasteiger charge is -2.07. The van der Waals surface area contributed by atoms with E-state index >= 15 is 0 Å². The Kier molecular flexibility index (Phi) is 5.57. The van der Waals surface area contributed by atoms with Crippen LogP contribution in [-0.2, 0) is 16.6 Å². The fourth-order valence-corrected chi connectivity index (χ4v) is 3.04. The third kappa shape index (κ3) is 5.19. The molecule has 0 aliphatic rings. The van der Waals surface area contributed by atoms with Gasteiger partial charge in [0.05, 0.1) is 6.54 Å². The monoisotopic (exact) mass is 386 g/mol. The molecule has 0 aliphatic heterocycles. The van der Waals surface area contributed by atoms with Crippen LogP contribution < -0.4 is 10.3 Å². The highest BCUT2D eigenvalue weighted by atomic mass is 32.2. The maximum absolute atomic E-state index is 12.1. The van der Waals surface area contributed by atoms with E-state index in [1.165, 1.54) is 40.2 Å². The average Bonchev–Trinajstić information content (AvgIpc) is 3.17. The molecule has 1 aromatic carbocycles. The van der Waals surface area contributed by atoms with Crippen molar-refractivity contribution in [3.8, 4) is 5.82 Å². The number of hydrogen-bond donors (Lipinski definition) is 1. The maximum Gasteiger partial charge on any atom is 0.266 e. The van der Waals surface area contributed by atoms with E-state index in [4.69, 9.17) is 0 Å². The molecule has 3 rings (SSSR count). The molecular weight excluding hydrogens is 368 g/mol. The maximum atomic E-state index is 12.1. The number of sulfonamides is 1. The first-order chi connectivity index (χ1) is 12.9. The summed E-state index contributed by atoms with van der Waals surface area (Å²) in [7, 11) is -3.63. The quantitative estimate of drug-likeness (QED) is 0.640. The molecule has 0 aliphatic carbocycles. The van der Waals surface area contributed by atoms with Gasteiger partial charge in [-0.2, -0.15) is 5.10 Å². The molecule has 3 aromatic rings. The Hall–Kier alpha value is -3.11.